The number of hydrogen-bond acceptors (Lipinski definition) is 8. The van der Waals surface area contributed by atoms with Crippen LogP contribution in [0.3, 0.4) is 0 Å². The molecule has 142 valence electrons. The van der Waals surface area contributed by atoms with Crippen LogP contribution in [-0.4, -0.2) is 89.6 Å². The van der Waals surface area contributed by atoms with E-state index in [1.165, 1.54) is 16.7 Å². The summed E-state index contributed by atoms with van der Waals surface area (Å²) >= 11 is 6.67. The zero-order chi connectivity index (χ0) is 19.0. The SMILES string of the molecule is O=C1[C@@H]2CSC([C@@H](O)[C@H](O)[C@@H](O)[C@@H](O)CO)N2C(=S)N1c1ccccc1. The standard InChI is InChI=1S/C16H20N2O6S2/c19-6-10(20)11(21)12(22)13(23)15-18-9(7-26-15)14(24)17(16(18)25)8-4-2-1-3-5-8/h1-5,9-13,15,19-23H,6-7H2/t9-,10-,11-,12+,13-,15?/m0/s1. The van der Waals surface area contributed by atoms with Gasteiger partial charge in [0.15, 0.2) is 5.11 Å². The van der Waals surface area contributed by atoms with Gasteiger partial charge in [-0.25, -0.2) is 0 Å². The first-order valence-electron chi connectivity index (χ1n) is 8.04. The van der Waals surface area contributed by atoms with Crippen molar-refractivity contribution in [3.05, 3.63) is 30.3 Å². The van der Waals surface area contributed by atoms with Gasteiger partial charge in [0, 0.05) is 5.75 Å². The number of thiocarbonyl (C=S) groups is 1. The first kappa shape index (κ1) is 19.5. The highest BCUT2D eigenvalue weighted by Gasteiger charge is 2.53. The number of fused-ring (bicyclic) bond motifs is 1. The van der Waals surface area contributed by atoms with Crippen molar-refractivity contribution < 1.29 is 30.3 Å². The highest BCUT2D eigenvalue weighted by atomic mass is 32.2. The molecule has 0 radical (unpaired) electrons. The van der Waals surface area contributed by atoms with Crippen molar-refractivity contribution in [2.24, 2.45) is 0 Å². The number of aliphatic hydroxyl groups excluding tert-OH is 5. The fourth-order valence-electron chi connectivity index (χ4n) is 3.10. The van der Waals surface area contributed by atoms with Crippen molar-refractivity contribution >= 4 is 40.7 Å². The third-order valence-electron chi connectivity index (χ3n) is 4.54. The zero-order valence-electron chi connectivity index (χ0n) is 13.6. The second-order valence-corrected chi connectivity index (χ2v) is 7.68. The molecule has 1 aromatic rings. The van der Waals surface area contributed by atoms with Crippen LogP contribution in [0.2, 0.25) is 0 Å². The summed E-state index contributed by atoms with van der Waals surface area (Å²) in [5.41, 5.74) is 0.617. The van der Waals surface area contributed by atoms with Gasteiger partial charge in [0.25, 0.3) is 5.91 Å². The second-order valence-electron chi connectivity index (χ2n) is 6.16. The predicted molar refractivity (Wildman–Crippen MR) is 99.5 cm³/mol. The Morgan fingerprint density at radius 1 is 1.15 bits per heavy atom. The number of carbonyl (C=O) groups is 1. The van der Waals surface area contributed by atoms with Crippen molar-refractivity contribution in [2.75, 3.05) is 17.3 Å². The number of para-hydroxylation sites is 1. The Hall–Kier alpha value is -1.27. The van der Waals surface area contributed by atoms with E-state index >= 15 is 0 Å². The number of anilines is 1. The third kappa shape index (κ3) is 3.22. The van der Waals surface area contributed by atoms with E-state index in [1.807, 2.05) is 6.07 Å². The molecule has 5 N–H and O–H groups in total. The molecule has 3 rings (SSSR count). The van der Waals surface area contributed by atoms with Crippen molar-refractivity contribution in [2.45, 2.75) is 35.8 Å². The summed E-state index contributed by atoms with van der Waals surface area (Å²) in [4.78, 5) is 15.7. The molecule has 2 aliphatic rings. The minimum atomic E-state index is -1.73. The first-order chi connectivity index (χ1) is 12.4. The molecule has 26 heavy (non-hydrogen) atoms. The van der Waals surface area contributed by atoms with Gasteiger partial charge in [0.05, 0.1) is 12.3 Å². The lowest BCUT2D eigenvalue weighted by Crippen LogP contribution is -2.53. The van der Waals surface area contributed by atoms with Crippen LogP contribution in [0.5, 0.6) is 0 Å². The molecular formula is C16H20N2O6S2. The highest BCUT2D eigenvalue weighted by molar-refractivity contribution is 8.00. The summed E-state index contributed by atoms with van der Waals surface area (Å²) < 4.78 is 0. The van der Waals surface area contributed by atoms with Crippen LogP contribution < -0.4 is 4.90 Å². The number of amides is 1. The van der Waals surface area contributed by atoms with E-state index in [-0.39, 0.29) is 11.0 Å². The largest absolute Gasteiger partial charge is 0.394 e. The van der Waals surface area contributed by atoms with Crippen LogP contribution >= 0.6 is 24.0 Å². The van der Waals surface area contributed by atoms with Gasteiger partial charge in [0.2, 0.25) is 0 Å². The van der Waals surface area contributed by atoms with E-state index in [1.54, 1.807) is 29.2 Å². The van der Waals surface area contributed by atoms with Gasteiger partial charge >= 0.3 is 0 Å². The van der Waals surface area contributed by atoms with E-state index in [9.17, 15) is 25.2 Å². The van der Waals surface area contributed by atoms with Crippen LogP contribution in [0, 0.1) is 0 Å². The smallest absolute Gasteiger partial charge is 0.257 e. The van der Waals surface area contributed by atoms with Crippen LogP contribution in [0.4, 0.5) is 5.69 Å². The molecule has 0 bridgehead atoms. The van der Waals surface area contributed by atoms with Crippen LogP contribution in [0.15, 0.2) is 30.3 Å². The van der Waals surface area contributed by atoms with E-state index < -0.39 is 42.4 Å². The summed E-state index contributed by atoms with van der Waals surface area (Å²) in [5.74, 6) is 0.156. The van der Waals surface area contributed by atoms with E-state index in [0.717, 1.165) is 0 Å². The molecule has 0 saturated carbocycles. The molecule has 10 heteroatoms. The summed E-state index contributed by atoms with van der Waals surface area (Å²) in [6.07, 6.45) is -6.51. The number of hydrogen-bond donors (Lipinski definition) is 5. The summed E-state index contributed by atoms with van der Waals surface area (Å²) in [5, 5.41) is 48.3. The van der Waals surface area contributed by atoms with Gasteiger partial charge in [-0.3, -0.25) is 9.69 Å². The minimum absolute atomic E-state index is 0.213. The van der Waals surface area contributed by atoms with Gasteiger partial charge in [0.1, 0.15) is 35.8 Å². The topological polar surface area (TPSA) is 125 Å². The van der Waals surface area contributed by atoms with Crippen molar-refractivity contribution in [1.29, 1.82) is 0 Å². The number of carbonyl (C=O) groups excluding carboxylic acids is 1. The minimum Gasteiger partial charge on any atom is -0.394 e. The van der Waals surface area contributed by atoms with Gasteiger partial charge in [-0.1, -0.05) is 18.2 Å². The molecule has 6 atom stereocenters. The van der Waals surface area contributed by atoms with Crippen molar-refractivity contribution in [3.63, 3.8) is 0 Å². The molecule has 2 saturated heterocycles. The van der Waals surface area contributed by atoms with Gasteiger partial charge in [-0.05, 0) is 24.4 Å². The fourth-order valence-corrected chi connectivity index (χ4v) is 5.05. The van der Waals surface area contributed by atoms with E-state index in [4.69, 9.17) is 17.3 Å². The average Bonchev–Trinajstić information content (AvgIpc) is 3.20. The van der Waals surface area contributed by atoms with Gasteiger partial charge in [-0.15, -0.1) is 11.8 Å². The Labute approximate surface area is 159 Å². The molecule has 0 aromatic heterocycles. The molecule has 2 heterocycles. The molecule has 2 aliphatic heterocycles. The first-order valence-corrected chi connectivity index (χ1v) is 9.50. The Morgan fingerprint density at radius 2 is 1.81 bits per heavy atom. The zero-order valence-corrected chi connectivity index (χ0v) is 15.3. The van der Waals surface area contributed by atoms with Crippen molar-refractivity contribution in [3.8, 4) is 0 Å². The normalized spacial score (nSPS) is 27.4. The molecule has 0 aliphatic carbocycles. The molecular weight excluding hydrogens is 380 g/mol. The third-order valence-corrected chi connectivity index (χ3v) is 6.29. The quantitative estimate of drug-likeness (QED) is 0.363. The summed E-state index contributed by atoms with van der Waals surface area (Å²) in [6.45, 7) is -0.756. The number of benzene rings is 1. The monoisotopic (exact) mass is 400 g/mol. The van der Waals surface area contributed by atoms with Crippen molar-refractivity contribution in [1.82, 2.24) is 4.90 Å². The fraction of sp³-hybridized carbons (Fsp3) is 0.500. The predicted octanol–water partition coefficient (Wildman–Crippen LogP) is -1.50. The molecule has 8 nitrogen and oxygen atoms in total. The van der Waals surface area contributed by atoms with Crippen LogP contribution in [-0.2, 0) is 4.79 Å². The second kappa shape index (κ2) is 7.77. The number of rotatable bonds is 6. The van der Waals surface area contributed by atoms with E-state index in [2.05, 4.69) is 0 Å². The maximum absolute atomic E-state index is 12.7. The molecule has 1 amide bonds. The average molecular weight is 400 g/mol. The molecule has 0 spiro atoms. The Morgan fingerprint density at radius 3 is 2.42 bits per heavy atom. The van der Waals surface area contributed by atoms with Gasteiger partial charge < -0.3 is 30.4 Å². The molecule has 2 fully saturated rings. The molecule has 1 unspecified atom stereocenters. The van der Waals surface area contributed by atoms with E-state index in [0.29, 0.717) is 11.4 Å². The highest BCUT2D eigenvalue weighted by Crippen LogP contribution is 2.39. The Balaban J connectivity index is 1.81. The Kier molecular flexibility index (Phi) is 5.82. The maximum Gasteiger partial charge on any atom is 0.257 e. The lowest BCUT2D eigenvalue weighted by molar-refractivity contribution is -0.124. The lowest BCUT2D eigenvalue weighted by Gasteiger charge is -2.33. The lowest BCUT2D eigenvalue weighted by atomic mass is 10.0. The maximum atomic E-state index is 12.7. The van der Waals surface area contributed by atoms with Gasteiger partial charge in [-0.2, -0.15) is 0 Å². The summed E-state index contributed by atoms with van der Waals surface area (Å²) in [7, 11) is 0. The Bertz CT molecular complexity index is 678. The van der Waals surface area contributed by atoms with Crippen LogP contribution in [0.25, 0.3) is 0 Å². The number of thioether (sulfide) groups is 1. The molecule has 1 aromatic carbocycles. The van der Waals surface area contributed by atoms with Crippen LogP contribution in [0.1, 0.15) is 0 Å². The number of nitrogens with zero attached hydrogens (tertiary/aromatic N) is 2. The number of aliphatic hydroxyl groups is 5. The summed E-state index contributed by atoms with van der Waals surface area (Å²) in [6, 6.07) is 8.32.